The molecule has 0 saturated heterocycles. The van der Waals surface area contributed by atoms with E-state index in [9.17, 15) is 9.59 Å². The van der Waals surface area contributed by atoms with Gasteiger partial charge >= 0.3 is 17.9 Å². The van der Waals surface area contributed by atoms with E-state index in [1.54, 1.807) is 0 Å². The molecule has 0 fully saturated rings. The molecule has 0 aliphatic carbocycles. The zero-order valence-corrected chi connectivity index (χ0v) is 7.20. The first-order valence-electron chi connectivity index (χ1n) is 3.54. The lowest BCUT2D eigenvalue weighted by atomic mass is 10.5. The molecule has 0 spiro atoms. The Bertz CT molecular complexity index is 295. The largest absolute Gasteiger partial charge is 0.431 e. The summed E-state index contributed by atoms with van der Waals surface area (Å²) in [5.41, 5.74) is 0. The van der Waals surface area contributed by atoms with Gasteiger partial charge in [-0.05, 0) is 0 Å². The van der Waals surface area contributed by atoms with E-state index in [2.05, 4.69) is 9.47 Å². The van der Waals surface area contributed by atoms with Crippen molar-refractivity contribution in [3.63, 3.8) is 0 Å². The molecule has 5 heteroatoms. The van der Waals surface area contributed by atoms with Crippen molar-refractivity contribution in [2.75, 3.05) is 0 Å². The van der Waals surface area contributed by atoms with Crippen LogP contribution in [0.2, 0.25) is 0 Å². The average molecular weight is 184 g/mol. The maximum atomic E-state index is 10.5. The van der Waals surface area contributed by atoms with Crippen LogP contribution in [-0.4, -0.2) is 11.9 Å². The quantitative estimate of drug-likeness (QED) is 0.644. The molecule has 0 saturated carbocycles. The van der Waals surface area contributed by atoms with Crippen LogP contribution < -0.4 is 9.47 Å². The maximum Gasteiger partial charge on any atom is 0.337 e. The standard InChI is InChI=1S/C8H8O5/c1-5(9)12-7-3-4-11-8(7)13-6(2)10/h3-4H,1-2H3. The van der Waals surface area contributed by atoms with E-state index < -0.39 is 11.9 Å². The Balaban J connectivity index is 2.76. The van der Waals surface area contributed by atoms with Crippen LogP contribution in [-0.2, 0) is 9.59 Å². The fourth-order valence-electron chi connectivity index (χ4n) is 0.719. The van der Waals surface area contributed by atoms with Gasteiger partial charge in [-0.2, -0.15) is 0 Å². The zero-order valence-electron chi connectivity index (χ0n) is 7.20. The highest BCUT2D eigenvalue weighted by Crippen LogP contribution is 2.28. The molecule has 70 valence electrons. The summed E-state index contributed by atoms with van der Waals surface area (Å²) in [7, 11) is 0. The van der Waals surface area contributed by atoms with Gasteiger partial charge in [0.25, 0.3) is 0 Å². The van der Waals surface area contributed by atoms with Gasteiger partial charge in [0.1, 0.15) is 0 Å². The topological polar surface area (TPSA) is 65.7 Å². The third-order valence-corrected chi connectivity index (χ3v) is 1.09. The number of carbonyl (C=O) groups excluding carboxylic acids is 2. The minimum atomic E-state index is -0.539. The molecule has 0 amide bonds. The number of rotatable bonds is 2. The molecule has 0 bridgehead atoms. The highest BCUT2D eigenvalue weighted by Gasteiger charge is 2.12. The molecule has 1 rings (SSSR count). The molecule has 0 aliphatic heterocycles. The van der Waals surface area contributed by atoms with E-state index in [1.165, 1.54) is 26.2 Å². The van der Waals surface area contributed by atoms with Crippen LogP contribution in [0.25, 0.3) is 0 Å². The molecule has 1 aromatic heterocycles. The smallest absolute Gasteiger partial charge is 0.337 e. The molecule has 0 radical (unpaired) electrons. The maximum absolute atomic E-state index is 10.5. The summed E-state index contributed by atoms with van der Waals surface area (Å²) in [5, 5.41) is 0. The van der Waals surface area contributed by atoms with Crippen LogP contribution in [0.1, 0.15) is 13.8 Å². The first-order valence-corrected chi connectivity index (χ1v) is 3.54. The van der Waals surface area contributed by atoms with Crippen LogP contribution in [0.3, 0.4) is 0 Å². The molecule has 0 atom stereocenters. The van der Waals surface area contributed by atoms with Gasteiger partial charge in [-0.3, -0.25) is 9.59 Å². The highest BCUT2D eigenvalue weighted by atomic mass is 16.6. The van der Waals surface area contributed by atoms with E-state index >= 15 is 0 Å². The molecule has 0 unspecified atom stereocenters. The number of furan rings is 1. The number of hydrogen-bond donors (Lipinski definition) is 0. The third kappa shape index (κ3) is 2.62. The lowest BCUT2D eigenvalue weighted by molar-refractivity contribution is -0.135. The highest BCUT2D eigenvalue weighted by molar-refractivity contribution is 5.72. The second-order valence-corrected chi connectivity index (χ2v) is 2.26. The molecule has 0 N–H and O–H groups in total. The van der Waals surface area contributed by atoms with Crippen LogP contribution in [0.5, 0.6) is 11.7 Å². The van der Waals surface area contributed by atoms with Crippen molar-refractivity contribution in [2.45, 2.75) is 13.8 Å². The van der Waals surface area contributed by atoms with E-state index in [-0.39, 0.29) is 11.7 Å². The van der Waals surface area contributed by atoms with E-state index in [0.717, 1.165) is 0 Å². The minimum Gasteiger partial charge on any atom is -0.431 e. The SMILES string of the molecule is CC(=O)Oc1ccoc1OC(C)=O. The van der Waals surface area contributed by atoms with Gasteiger partial charge in [-0.25, -0.2) is 0 Å². The Morgan fingerprint density at radius 2 is 1.85 bits per heavy atom. The van der Waals surface area contributed by atoms with Crippen molar-refractivity contribution in [3.8, 4) is 11.7 Å². The summed E-state index contributed by atoms with van der Waals surface area (Å²) in [6.45, 7) is 2.46. The number of esters is 2. The van der Waals surface area contributed by atoms with Crippen molar-refractivity contribution in [3.05, 3.63) is 12.3 Å². The summed E-state index contributed by atoms with van der Waals surface area (Å²) in [4.78, 5) is 21.1. The molecule has 0 aromatic carbocycles. The van der Waals surface area contributed by atoms with Crippen LogP contribution in [0.15, 0.2) is 16.7 Å². The average Bonchev–Trinajstić information content (AvgIpc) is 2.34. The fraction of sp³-hybridized carbons (Fsp3) is 0.250. The normalized spacial score (nSPS) is 9.38. The molecule has 1 aromatic rings. The minimum absolute atomic E-state index is 0.0997. The van der Waals surface area contributed by atoms with E-state index in [1.807, 2.05) is 0 Å². The van der Waals surface area contributed by atoms with Crippen molar-refractivity contribution in [1.29, 1.82) is 0 Å². The van der Waals surface area contributed by atoms with Gasteiger partial charge in [0.2, 0.25) is 5.75 Å². The lowest BCUT2D eigenvalue weighted by Gasteiger charge is -1.99. The van der Waals surface area contributed by atoms with Gasteiger partial charge < -0.3 is 13.9 Å². The first kappa shape index (κ1) is 9.31. The van der Waals surface area contributed by atoms with Crippen molar-refractivity contribution >= 4 is 11.9 Å². The molecule has 1 heterocycles. The lowest BCUT2D eigenvalue weighted by Crippen LogP contribution is -2.05. The van der Waals surface area contributed by atoms with Crippen LogP contribution in [0, 0.1) is 0 Å². The van der Waals surface area contributed by atoms with E-state index in [4.69, 9.17) is 4.42 Å². The second kappa shape index (κ2) is 3.75. The Kier molecular flexibility index (Phi) is 2.69. The molecule has 0 aliphatic rings. The van der Waals surface area contributed by atoms with Crippen molar-refractivity contribution in [2.24, 2.45) is 0 Å². The molecule has 13 heavy (non-hydrogen) atoms. The van der Waals surface area contributed by atoms with Crippen molar-refractivity contribution in [1.82, 2.24) is 0 Å². The van der Waals surface area contributed by atoms with Gasteiger partial charge in [-0.15, -0.1) is 0 Å². The fourth-order valence-corrected chi connectivity index (χ4v) is 0.719. The Morgan fingerprint density at radius 1 is 1.23 bits per heavy atom. The Hall–Kier alpha value is -1.78. The predicted molar refractivity (Wildman–Crippen MR) is 41.3 cm³/mol. The summed E-state index contributed by atoms with van der Waals surface area (Å²) < 4.78 is 14.0. The summed E-state index contributed by atoms with van der Waals surface area (Å²) in [5.74, 6) is -1.05. The number of ether oxygens (including phenoxy) is 2. The summed E-state index contributed by atoms with van der Waals surface area (Å²) in [6.07, 6.45) is 1.26. The van der Waals surface area contributed by atoms with Crippen LogP contribution in [0.4, 0.5) is 0 Å². The molecular formula is C8H8O5. The van der Waals surface area contributed by atoms with Gasteiger partial charge in [0.15, 0.2) is 0 Å². The summed E-state index contributed by atoms with van der Waals surface area (Å²) >= 11 is 0. The zero-order chi connectivity index (χ0) is 9.84. The van der Waals surface area contributed by atoms with Gasteiger partial charge in [0.05, 0.1) is 6.26 Å². The molecule has 5 nitrogen and oxygen atoms in total. The Morgan fingerprint density at radius 3 is 2.38 bits per heavy atom. The first-order chi connectivity index (χ1) is 6.09. The summed E-state index contributed by atoms with van der Waals surface area (Å²) in [6, 6.07) is 1.39. The monoisotopic (exact) mass is 184 g/mol. The van der Waals surface area contributed by atoms with Crippen LogP contribution >= 0.6 is 0 Å². The third-order valence-electron chi connectivity index (χ3n) is 1.09. The number of carbonyl (C=O) groups is 2. The molecular weight excluding hydrogens is 176 g/mol. The van der Waals surface area contributed by atoms with Crippen molar-refractivity contribution < 1.29 is 23.5 Å². The Labute approximate surface area is 74.2 Å². The van der Waals surface area contributed by atoms with E-state index in [0.29, 0.717) is 0 Å². The second-order valence-electron chi connectivity index (χ2n) is 2.26. The number of hydrogen-bond acceptors (Lipinski definition) is 5. The predicted octanol–water partition coefficient (Wildman–Crippen LogP) is 1.13. The van der Waals surface area contributed by atoms with Gasteiger partial charge in [0, 0.05) is 19.9 Å². The van der Waals surface area contributed by atoms with Gasteiger partial charge in [-0.1, -0.05) is 0 Å².